The topological polar surface area (TPSA) is 17.1 Å². The van der Waals surface area contributed by atoms with E-state index in [9.17, 15) is 9.18 Å². The van der Waals surface area contributed by atoms with Crippen LogP contribution in [0.15, 0.2) is 40.9 Å². The number of halogens is 4. The Bertz CT molecular complexity index is 603. The predicted octanol–water partition coefficient (Wildman–Crippen LogP) is 5.32. The van der Waals surface area contributed by atoms with E-state index in [-0.39, 0.29) is 17.8 Å². The normalized spacial score (nSPS) is 10.5. The fourth-order valence-corrected chi connectivity index (χ4v) is 2.81. The fraction of sp³-hybridized carbons (Fsp3) is 0.0714. The molecular formula is C14H8BrCl2FO. The molecule has 0 fully saturated rings. The Labute approximate surface area is 128 Å². The Kier molecular flexibility index (Phi) is 4.61. The number of benzene rings is 2. The van der Waals surface area contributed by atoms with E-state index in [1.165, 1.54) is 12.1 Å². The van der Waals surface area contributed by atoms with Crippen molar-refractivity contribution in [2.45, 2.75) is 6.42 Å². The molecule has 0 heterocycles. The van der Waals surface area contributed by atoms with Crippen LogP contribution in [0.25, 0.3) is 0 Å². The fourth-order valence-electron chi connectivity index (χ4n) is 1.71. The van der Waals surface area contributed by atoms with Gasteiger partial charge in [0.05, 0.1) is 5.56 Å². The van der Waals surface area contributed by atoms with Gasteiger partial charge in [0, 0.05) is 20.9 Å². The summed E-state index contributed by atoms with van der Waals surface area (Å²) in [4.78, 5) is 12.2. The van der Waals surface area contributed by atoms with Gasteiger partial charge in [-0.1, -0.05) is 35.3 Å². The van der Waals surface area contributed by atoms with Gasteiger partial charge >= 0.3 is 0 Å². The molecule has 0 amide bonds. The van der Waals surface area contributed by atoms with E-state index in [2.05, 4.69) is 15.9 Å². The third kappa shape index (κ3) is 3.16. The molecule has 0 spiro atoms. The lowest BCUT2D eigenvalue weighted by molar-refractivity contribution is 0.0988. The second-order valence-electron chi connectivity index (χ2n) is 3.90. The molecule has 0 N–H and O–H groups in total. The molecule has 2 aromatic rings. The van der Waals surface area contributed by atoms with Crippen molar-refractivity contribution < 1.29 is 9.18 Å². The summed E-state index contributed by atoms with van der Waals surface area (Å²) in [5.41, 5.74) is 0.518. The average molecular weight is 362 g/mol. The lowest BCUT2D eigenvalue weighted by Gasteiger charge is -2.08. The molecule has 0 unspecified atom stereocenters. The Balaban J connectivity index is 2.37. The second-order valence-corrected chi connectivity index (χ2v) is 5.57. The minimum absolute atomic E-state index is 0.0125. The Morgan fingerprint density at radius 2 is 1.68 bits per heavy atom. The number of Topliss-reactive ketones (excluding diaryl/α,β-unsaturated/α-hetero) is 1. The number of carbonyl (C=O) groups excluding carboxylic acids is 1. The van der Waals surface area contributed by atoms with Crippen LogP contribution in [0.4, 0.5) is 4.39 Å². The first-order valence-corrected chi connectivity index (χ1v) is 6.95. The number of rotatable bonds is 3. The minimum atomic E-state index is -0.567. The van der Waals surface area contributed by atoms with Gasteiger partial charge in [0.2, 0.25) is 0 Å². The lowest BCUT2D eigenvalue weighted by Crippen LogP contribution is -2.08. The molecule has 0 aliphatic heterocycles. The van der Waals surface area contributed by atoms with Gasteiger partial charge in [0.1, 0.15) is 5.82 Å². The first-order chi connectivity index (χ1) is 9.00. The van der Waals surface area contributed by atoms with Crippen molar-refractivity contribution in [2.75, 3.05) is 0 Å². The number of carbonyl (C=O) groups is 1. The molecule has 0 atom stereocenters. The molecule has 2 rings (SSSR count). The van der Waals surface area contributed by atoms with E-state index in [1.807, 2.05) is 0 Å². The first kappa shape index (κ1) is 14.5. The van der Waals surface area contributed by atoms with Crippen LogP contribution < -0.4 is 0 Å². The van der Waals surface area contributed by atoms with E-state index < -0.39 is 5.82 Å². The van der Waals surface area contributed by atoms with Crippen LogP contribution in [0.1, 0.15) is 15.9 Å². The van der Waals surface area contributed by atoms with Crippen LogP contribution >= 0.6 is 39.1 Å². The summed E-state index contributed by atoms with van der Waals surface area (Å²) in [6, 6.07) is 9.37. The summed E-state index contributed by atoms with van der Waals surface area (Å²) in [7, 11) is 0. The number of ketones is 1. The molecule has 0 aromatic heterocycles. The summed E-state index contributed by atoms with van der Waals surface area (Å²) >= 11 is 15.2. The zero-order chi connectivity index (χ0) is 14.0. The van der Waals surface area contributed by atoms with Crippen molar-refractivity contribution in [1.82, 2.24) is 0 Å². The minimum Gasteiger partial charge on any atom is -0.294 e. The van der Waals surface area contributed by atoms with E-state index in [4.69, 9.17) is 23.2 Å². The van der Waals surface area contributed by atoms with Gasteiger partial charge in [-0.2, -0.15) is 0 Å². The summed E-state index contributed by atoms with van der Waals surface area (Å²) < 4.78 is 14.1. The number of hydrogen-bond donors (Lipinski definition) is 0. The van der Waals surface area contributed by atoms with E-state index in [0.717, 1.165) is 0 Å². The van der Waals surface area contributed by atoms with Crippen LogP contribution in [0.3, 0.4) is 0 Å². The van der Waals surface area contributed by atoms with Crippen molar-refractivity contribution in [3.05, 3.63) is 67.9 Å². The molecular weight excluding hydrogens is 354 g/mol. The predicted molar refractivity (Wildman–Crippen MR) is 78.6 cm³/mol. The standard InChI is InChI=1S/C14H8BrCl2FO/c15-9-3-1-6-12(18)14(9)13(19)7-8-10(16)4-2-5-11(8)17/h1-6H,7H2. The average Bonchev–Trinajstić information content (AvgIpc) is 2.34. The Morgan fingerprint density at radius 1 is 1.11 bits per heavy atom. The summed E-state index contributed by atoms with van der Waals surface area (Å²) in [5.74, 6) is -0.942. The van der Waals surface area contributed by atoms with E-state index in [0.29, 0.717) is 20.1 Å². The highest BCUT2D eigenvalue weighted by molar-refractivity contribution is 9.10. The van der Waals surface area contributed by atoms with Crippen molar-refractivity contribution in [1.29, 1.82) is 0 Å². The molecule has 0 saturated carbocycles. The molecule has 19 heavy (non-hydrogen) atoms. The Morgan fingerprint density at radius 3 is 2.26 bits per heavy atom. The summed E-state index contributed by atoms with van der Waals surface area (Å²) in [5, 5.41) is 0.793. The van der Waals surface area contributed by atoms with Gasteiger partial charge in [-0.25, -0.2) is 4.39 Å². The number of hydrogen-bond acceptors (Lipinski definition) is 1. The maximum atomic E-state index is 13.7. The molecule has 0 bridgehead atoms. The third-order valence-corrected chi connectivity index (χ3v) is 4.01. The maximum absolute atomic E-state index is 13.7. The van der Waals surface area contributed by atoms with Crippen molar-refractivity contribution >= 4 is 44.9 Å². The monoisotopic (exact) mass is 360 g/mol. The second kappa shape index (κ2) is 6.04. The van der Waals surface area contributed by atoms with Crippen LogP contribution in [0.2, 0.25) is 10.0 Å². The quantitative estimate of drug-likeness (QED) is 0.676. The molecule has 2 aromatic carbocycles. The molecule has 0 aliphatic rings. The van der Waals surface area contributed by atoms with Gasteiger partial charge in [0.25, 0.3) is 0 Å². The molecule has 0 saturated heterocycles. The largest absolute Gasteiger partial charge is 0.294 e. The molecule has 98 valence electrons. The van der Waals surface area contributed by atoms with Gasteiger partial charge in [0.15, 0.2) is 5.78 Å². The zero-order valence-corrected chi connectivity index (χ0v) is 12.7. The third-order valence-electron chi connectivity index (χ3n) is 2.64. The van der Waals surface area contributed by atoms with E-state index >= 15 is 0 Å². The van der Waals surface area contributed by atoms with Crippen molar-refractivity contribution in [2.24, 2.45) is 0 Å². The molecule has 0 radical (unpaired) electrons. The SMILES string of the molecule is O=C(Cc1c(Cl)cccc1Cl)c1c(F)cccc1Br. The van der Waals surface area contributed by atoms with Crippen LogP contribution in [-0.2, 0) is 6.42 Å². The highest BCUT2D eigenvalue weighted by Gasteiger charge is 2.18. The van der Waals surface area contributed by atoms with Gasteiger partial charge in [-0.3, -0.25) is 4.79 Å². The van der Waals surface area contributed by atoms with Gasteiger partial charge < -0.3 is 0 Å². The molecule has 1 nitrogen and oxygen atoms in total. The smallest absolute Gasteiger partial charge is 0.171 e. The molecule has 5 heteroatoms. The van der Waals surface area contributed by atoms with Crippen molar-refractivity contribution in [3.63, 3.8) is 0 Å². The Hall–Kier alpha value is -0.900. The van der Waals surface area contributed by atoms with Gasteiger partial charge in [-0.05, 0) is 45.8 Å². The van der Waals surface area contributed by atoms with Gasteiger partial charge in [-0.15, -0.1) is 0 Å². The zero-order valence-electron chi connectivity index (χ0n) is 9.59. The summed E-state index contributed by atoms with van der Waals surface area (Å²) in [6.07, 6.45) is -0.0436. The highest BCUT2D eigenvalue weighted by atomic mass is 79.9. The highest BCUT2D eigenvalue weighted by Crippen LogP contribution is 2.28. The van der Waals surface area contributed by atoms with Crippen LogP contribution in [0, 0.1) is 5.82 Å². The first-order valence-electron chi connectivity index (χ1n) is 5.41. The van der Waals surface area contributed by atoms with E-state index in [1.54, 1.807) is 24.3 Å². The maximum Gasteiger partial charge on any atom is 0.171 e. The van der Waals surface area contributed by atoms with Crippen LogP contribution in [-0.4, -0.2) is 5.78 Å². The lowest BCUT2D eigenvalue weighted by atomic mass is 10.0. The van der Waals surface area contributed by atoms with Crippen molar-refractivity contribution in [3.8, 4) is 0 Å². The molecule has 0 aliphatic carbocycles. The summed E-state index contributed by atoms with van der Waals surface area (Å²) in [6.45, 7) is 0. The van der Waals surface area contributed by atoms with Crippen LogP contribution in [0.5, 0.6) is 0 Å².